The third-order valence-corrected chi connectivity index (χ3v) is 4.91. The van der Waals surface area contributed by atoms with Crippen molar-refractivity contribution < 1.29 is 13.6 Å². The molecular formula is C20H16F2N4O2. The van der Waals surface area contributed by atoms with E-state index in [1.807, 2.05) is 28.8 Å². The maximum Gasteiger partial charge on any atom is 0.272 e. The number of aromatic nitrogens is 3. The van der Waals surface area contributed by atoms with Crippen molar-refractivity contribution in [2.45, 2.75) is 13.0 Å². The molecule has 3 aromatic heterocycles. The Hall–Kier alpha value is -3.55. The van der Waals surface area contributed by atoms with Gasteiger partial charge in [-0.3, -0.25) is 9.59 Å². The molecule has 4 aromatic rings. The van der Waals surface area contributed by atoms with E-state index in [0.717, 1.165) is 17.6 Å². The number of carbonyl (C=O) groups is 1. The molecule has 1 N–H and O–H groups in total. The van der Waals surface area contributed by atoms with Gasteiger partial charge in [0.25, 0.3) is 11.5 Å². The van der Waals surface area contributed by atoms with Crippen LogP contribution in [0.2, 0.25) is 0 Å². The molecule has 8 heteroatoms. The van der Waals surface area contributed by atoms with Crippen LogP contribution >= 0.6 is 0 Å². The van der Waals surface area contributed by atoms with Gasteiger partial charge < -0.3 is 9.30 Å². The number of hydrogen-bond donors (Lipinski definition) is 1. The first-order chi connectivity index (χ1) is 13.4. The Bertz CT molecular complexity index is 1250. The van der Waals surface area contributed by atoms with Gasteiger partial charge in [0.15, 0.2) is 11.6 Å². The van der Waals surface area contributed by atoms with Crippen LogP contribution in [0.3, 0.4) is 0 Å². The van der Waals surface area contributed by atoms with Crippen LogP contribution < -0.4 is 5.56 Å². The molecule has 1 aromatic carbocycles. The van der Waals surface area contributed by atoms with Gasteiger partial charge in [-0.1, -0.05) is 6.07 Å². The predicted molar refractivity (Wildman–Crippen MR) is 100 cm³/mol. The quantitative estimate of drug-likeness (QED) is 0.591. The number of carbonyl (C=O) groups excluding carboxylic acids is 1. The summed E-state index contributed by atoms with van der Waals surface area (Å²) in [7, 11) is 1.59. The van der Waals surface area contributed by atoms with Crippen molar-refractivity contribution in [1.29, 1.82) is 0 Å². The number of hydrogen-bond acceptors (Lipinski definition) is 3. The zero-order valence-electron chi connectivity index (χ0n) is 15.1. The van der Waals surface area contributed by atoms with Crippen molar-refractivity contribution >= 4 is 22.2 Å². The summed E-state index contributed by atoms with van der Waals surface area (Å²) in [5.74, 6) is -2.46. The average molecular weight is 382 g/mol. The van der Waals surface area contributed by atoms with Crippen LogP contribution in [0.1, 0.15) is 29.0 Å². The zero-order chi connectivity index (χ0) is 20.0. The Morgan fingerprint density at radius 2 is 1.89 bits per heavy atom. The Labute approximate surface area is 158 Å². The van der Waals surface area contributed by atoms with E-state index in [4.69, 9.17) is 0 Å². The van der Waals surface area contributed by atoms with Crippen LogP contribution in [-0.2, 0) is 0 Å². The lowest BCUT2D eigenvalue weighted by atomic mass is 10.1. The Kier molecular flexibility index (Phi) is 4.18. The van der Waals surface area contributed by atoms with Crippen LogP contribution in [-0.4, -0.2) is 32.5 Å². The summed E-state index contributed by atoms with van der Waals surface area (Å²) in [6, 6.07) is 8.55. The summed E-state index contributed by atoms with van der Waals surface area (Å²) in [5, 5.41) is 6.42. The second kappa shape index (κ2) is 6.56. The van der Waals surface area contributed by atoms with Crippen LogP contribution in [0.25, 0.3) is 16.3 Å². The van der Waals surface area contributed by atoms with Gasteiger partial charge in [-0.2, -0.15) is 5.10 Å². The molecule has 4 rings (SSSR count). The van der Waals surface area contributed by atoms with E-state index >= 15 is 0 Å². The maximum atomic E-state index is 13.8. The number of benzene rings is 1. The molecule has 0 bridgehead atoms. The number of amides is 1. The highest BCUT2D eigenvalue weighted by Gasteiger charge is 2.24. The highest BCUT2D eigenvalue weighted by atomic mass is 19.2. The zero-order valence-corrected chi connectivity index (χ0v) is 15.1. The molecule has 6 nitrogen and oxygen atoms in total. The largest absolute Gasteiger partial charge is 0.333 e. The van der Waals surface area contributed by atoms with Crippen LogP contribution in [0.4, 0.5) is 8.78 Å². The fraction of sp³-hybridized carbons (Fsp3) is 0.150. The highest BCUT2D eigenvalue weighted by Crippen LogP contribution is 2.26. The first-order valence-corrected chi connectivity index (χ1v) is 8.58. The average Bonchev–Trinajstić information content (AvgIpc) is 3.12. The van der Waals surface area contributed by atoms with E-state index in [9.17, 15) is 18.4 Å². The molecule has 0 unspecified atom stereocenters. The van der Waals surface area contributed by atoms with Gasteiger partial charge >= 0.3 is 0 Å². The predicted octanol–water partition coefficient (Wildman–Crippen LogP) is 3.29. The Morgan fingerprint density at radius 3 is 2.61 bits per heavy atom. The van der Waals surface area contributed by atoms with Crippen molar-refractivity contribution in [3.8, 4) is 0 Å². The molecule has 0 aliphatic rings. The summed E-state index contributed by atoms with van der Waals surface area (Å²) in [5.41, 5.74) is 0.995. The highest BCUT2D eigenvalue weighted by molar-refractivity contribution is 5.96. The van der Waals surface area contributed by atoms with E-state index in [1.165, 1.54) is 4.90 Å². The summed E-state index contributed by atoms with van der Waals surface area (Å²) < 4.78 is 29.2. The summed E-state index contributed by atoms with van der Waals surface area (Å²) in [6.45, 7) is 1.70. The smallest absolute Gasteiger partial charge is 0.272 e. The molecule has 0 saturated heterocycles. The van der Waals surface area contributed by atoms with Crippen molar-refractivity contribution in [3.05, 3.63) is 82.0 Å². The van der Waals surface area contributed by atoms with E-state index in [-0.39, 0.29) is 22.4 Å². The first-order valence-electron chi connectivity index (χ1n) is 8.58. The number of pyridine rings is 1. The van der Waals surface area contributed by atoms with Crippen molar-refractivity contribution in [2.75, 3.05) is 7.05 Å². The van der Waals surface area contributed by atoms with Crippen LogP contribution in [0.5, 0.6) is 0 Å². The molecule has 0 spiro atoms. The van der Waals surface area contributed by atoms with Crippen molar-refractivity contribution in [1.82, 2.24) is 19.5 Å². The summed E-state index contributed by atoms with van der Waals surface area (Å²) >= 11 is 0. The molecule has 0 saturated carbocycles. The van der Waals surface area contributed by atoms with Gasteiger partial charge in [0.1, 0.15) is 0 Å². The Balaban J connectivity index is 1.75. The second-order valence-corrected chi connectivity index (χ2v) is 6.60. The van der Waals surface area contributed by atoms with Gasteiger partial charge in [-0.25, -0.2) is 13.9 Å². The summed E-state index contributed by atoms with van der Waals surface area (Å²) in [6.07, 6.45) is 3.55. The number of aromatic amines is 1. The molecule has 142 valence electrons. The fourth-order valence-electron chi connectivity index (χ4n) is 3.23. The Morgan fingerprint density at radius 1 is 1.18 bits per heavy atom. The lowest BCUT2D eigenvalue weighted by Crippen LogP contribution is -2.31. The van der Waals surface area contributed by atoms with Gasteiger partial charge in [0.2, 0.25) is 0 Å². The number of halogens is 2. The second-order valence-electron chi connectivity index (χ2n) is 6.60. The van der Waals surface area contributed by atoms with Gasteiger partial charge in [-0.05, 0) is 37.3 Å². The van der Waals surface area contributed by atoms with E-state index in [2.05, 4.69) is 10.2 Å². The number of nitrogens with zero attached hydrogens (tertiary/aromatic N) is 3. The maximum absolute atomic E-state index is 13.8. The summed E-state index contributed by atoms with van der Waals surface area (Å²) in [4.78, 5) is 26.3. The molecule has 3 heterocycles. The number of rotatable bonds is 3. The molecule has 0 fully saturated rings. The lowest BCUT2D eigenvalue weighted by molar-refractivity contribution is 0.0740. The minimum atomic E-state index is -1.12. The minimum Gasteiger partial charge on any atom is -0.333 e. The number of H-pyrrole nitrogens is 1. The van der Waals surface area contributed by atoms with Crippen LogP contribution in [0, 0.1) is 11.6 Å². The third-order valence-electron chi connectivity index (χ3n) is 4.91. The standard InChI is InChI=1S/C20H16F2N4O2/c1-11(18-14-8-16(21)17(22)9-15(14)19(27)24-23-18)25(2)20(28)12-7-13-5-3-4-6-26(13)10-12/h3-11H,1-2H3,(H,24,27)/t11-/m1/s1. The van der Waals surface area contributed by atoms with Gasteiger partial charge in [0, 0.05) is 30.3 Å². The SMILES string of the molecule is C[C@H](c1n[nH]c(=O)c2cc(F)c(F)cc12)N(C)C(=O)c1cc2ccccn2c1. The fourth-order valence-corrected chi connectivity index (χ4v) is 3.23. The molecular weight excluding hydrogens is 366 g/mol. The lowest BCUT2D eigenvalue weighted by Gasteiger charge is -2.24. The molecule has 0 radical (unpaired) electrons. The molecule has 1 amide bonds. The molecule has 1 atom stereocenters. The number of nitrogens with one attached hydrogen (secondary N) is 1. The monoisotopic (exact) mass is 382 g/mol. The molecule has 0 aliphatic carbocycles. The van der Waals surface area contributed by atoms with Gasteiger partial charge in [0.05, 0.1) is 22.7 Å². The van der Waals surface area contributed by atoms with Gasteiger partial charge in [-0.15, -0.1) is 0 Å². The van der Waals surface area contributed by atoms with E-state index < -0.39 is 23.2 Å². The molecule has 0 aliphatic heterocycles. The minimum absolute atomic E-state index is 0.0220. The van der Waals surface area contributed by atoms with Crippen molar-refractivity contribution in [3.63, 3.8) is 0 Å². The molecule has 28 heavy (non-hydrogen) atoms. The third kappa shape index (κ3) is 2.83. The van der Waals surface area contributed by atoms with E-state index in [0.29, 0.717) is 5.56 Å². The van der Waals surface area contributed by atoms with E-state index in [1.54, 1.807) is 26.2 Å². The topological polar surface area (TPSA) is 70.5 Å². The normalized spacial score (nSPS) is 12.4. The first kappa shape index (κ1) is 17.8. The van der Waals surface area contributed by atoms with Crippen molar-refractivity contribution in [2.24, 2.45) is 0 Å². The number of fused-ring (bicyclic) bond motifs is 2. The van der Waals surface area contributed by atoms with Crippen LogP contribution in [0.15, 0.2) is 53.6 Å².